The first-order valence-electron chi connectivity index (χ1n) is 6.81. The predicted octanol–water partition coefficient (Wildman–Crippen LogP) is 3.07. The SMILES string of the molecule is Cc1cccc(C(=O)N2CCCCCC2C(=O)O)c1I. The van der Waals surface area contributed by atoms with Gasteiger partial charge in [-0.05, 0) is 54.0 Å². The van der Waals surface area contributed by atoms with Gasteiger partial charge in [-0.15, -0.1) is 0 Å². The Hall–Kier alpha value is -1.11. The van der Waals surface area contributed by atoms with Gasteiger partial charge in [0.25, 0.3) is 5.91 Å². The van der Waals surface area contributed by atoms with Gasteiger partial charge < -0.3 is 10.0 Å². The number of rotatable bonds is 2. The molecule has 1 aliphatic heterocycles. The Labute approximate surface area is 132 Å². The Morgan fingerprint density at radius 1 is 1.30 bits per heavy atom. The molecule has 2 rings (SSSR count). The summed E-state index contributed by atoms with van der Waals surface area (Å²) in [4.78, 5) is 25.6. The van der Waals surface area contributed by atoms with Gasteiger partial charge >= 0.3 is 5.97 Å². The summed E-state index contributed by atoms with van der Waals surface area (Å²) in [6.07, 6.45) is 3.27. The van der Waals surface area contributed by atoms with Crippen LogP contribution in [0.25, 0.3) is 0 Å². The number of carbonyl (C=O) groups is 2. The molecule has 1 fully saturated rings. The Morgan fingerprint density at radius 3 is 2.75 bits per heavy atom. The zero-order chi connectivity index (χ0) is 14.7. The highest BCUT2D eigenvalue weighted by molar-refractivity contribution is 14.1. The van der Waals surface area contributed by atoms with Crippen molar-refractivity contribution in [1.29, 1.82) is 0 Å². The largest absolute Gasteiger partial charge is 0.480 e. The number of hydrogen-bond donors (Lipinski definition) is 1. The quantitative estimate of drug-likeness (QED) is 0.794. The molecule has 1 N–H and O–H groups in total. The third kappa shape index (κ3) is 3.13. The summed E-state index contributed by atoms with van der Waals surface area (Å²) in [5.41, 5.74) is 1.65. The number of halogens is 1. The molecule has 1 aromatic rings. The van der Waals surface area contributed by atoms with Crippen molar-refractivity contribution in [2.24, 2.45) is 0 Å². The van der Waals surface area contributed by atoms with E-state index < -0.39 is 12.0 Å². The van der Waals surface area contributed by atoms with Gasteiger partial charge in [0.05, 0.1) is 5.56 Å². The number of likely N-dealkylation sites (tertiary alicyclic amines) is 1. The monoisotopic (exact) mass is 387 g/mol. The van der Waals surface area contributed by atoms with Gasteiger partial charge in [0.1, 0.15) is 6.04 Å². The molecule has 1 aliphatic rings. The lowest BCUT2D eigenvalue weighted by molar-refractivity contribution is -0.142. The topological polar surface area (TPSA) is 57.6 Å². The minimum atomic E-state index is -0.900. The van der Waals surface area contributed by atoms with Crippen molar-refractivity contribution in [2.75, 3.05) is 6.54 Å². The fraction of sp³-hybridized carbons (Fsp3) is 0.467. The Morgan fingerprint density at radius 2 is 2.05 bits per heavy atom. The summed E-state index contributed by atoms with van der Waals surface area (Å²) >= 11 is 2.16. The van der Waals surface area contributed by atoms with E-state index in [-0.39, 0.29) is 5.91 Å². The molecule has 0 saturated carbocycles. The molecule has 0 radical (unpaired) electrons. The zero-order valence-corrected chi connectivity index (χ0v) is 13.6. The molecule has 1 unspecified atom stereocenters. The second kappa shape index (κ2) is 6.56. The van der Waals surface area contributed by atoms with Crippen LogP contribution in [0.3, 0.4) is 0 Å². The first kappa shape index (κ1) is 15.3. The number of carboxylic acid groups (broad SMARTS) is 1. The number of aliphatic carboxylic acids is 1. The predicted molar refractivity (Wildman–Crippen MR) is 84.8 cm³/mol. The average molecular weight is 387 g/mol. The fourth-order valence-electron chi connectivity index (χ4n) is 2.58. The van der Waals surface area contributed by atoms with Crippen LogP contribution in [0, 0.1) is 10.5 Å². The average Bonchev–Trinajstić information content (AvgIpc) is 2.66. The van der Waals surface area contributed by atoms with Crippen molar-refractivity contribution < 1.29 is 14.7 Å². The fourth-order valence-corrected chi connectivity index (χ4v) is 3.17. The number of aryl methyl sites for hydroxylation is 1. The standard InChI is InChI=1S/C15H18INO3/c1-10-6-5-7-11(13(10)16)14(18)17-9-4-2-3-8-12(17)15(19)20/h5-7,12H,2-4,8-9H2,1H3,(H,19,20). The molecule has 4 nitrogen and oxygen atoms in total. The summed E-state index contributed by atoms with van der Waals surface area (Å²) in [5.74, 6) is -1.06. The Bertz CT molecular complexity index is 530. The lowest BCUT2D eigenvalue weighted by atomic mass is 10.1. The molecular weight excluding hydrogens is 369 g/mol. The van der Waals surface area contributed by atoms with E-state index in [1.165, 1.54) is 4.90 Å². The van der Waals surface area contributed by atoms with Crippen LogP contribution in [-0.2, 0) is 4.79 Å². The van der Waals surface area contributed by atoms with Crippen molar-refractivity contribution >= 4 is 34.5 Å². The molecule has 20 heavy (non-hydrogen) atoms. The second-order valence-electron chi connectivity index (χ2n) is 5.14. The number of amides is 1. The van der Waals surface area contributed by atoms with E-state index >= 15 is 0 Å². The zero-order valence-electron chi connectivity index (χ0n) is 11.4. The maximum atomic E-state index is 12.7. The van der Waals surface area contributed by atoms with Crippen molar-refractivity contribution in [2.45, 2.75) is 38.6 Å². The van der Waals surface area contributed by atoms with Gasteiger partial charge in [-0.2, -0.15) is 0 Å². The molecule has 0 aromatic heterocycles. The summed E-state index contributed by atoms with van der Waals surface area (Å²) in [6.45, 7) is 2.48. The number of nitrogens with zero attached hydrogens (tertiary/aromatic N) is 1. The van der Waals surface area contributed by atoms with Crippen LogP contribution in [0.5, 0.6) is 0 Å². The highest BCUT2D eigenvalue weighted by Gasteiger charge is 2.32. The van der Waals surface area contributed by atoms with Gasteiger partial charge in [-0.1, -0.05) is 25.0 Å². The molecule has 108 valence electrons. The van der Waals surface area contributed by atoms with Crippen molar-refractivity contribution in [3.63, 3.8) is 0 Å². The van der Waals surface area contributed by atoms with Crippen LogP contribution < -0.4 is 0 Å². The summed E-state index contributed by atoms with van der Waals surface area (Å²) < 4.78 is 0.906. The number of benzene rings is 1. The van der Waals surface area contributed by atoms with Crippen LogP contribution in [0.2, 0.25) is 0 Å². The van der Waals surface area contributed by atoms with Crippen LogP contribution in [0.1, 0.15) is 41.6 Å². The van der Waals surface area contributed by atoms with Gasteiger partial charge in [-0.3, -0.25) is 4.79 Å². The molecule has 1 heterocycles. The van der Waals surface area contributed by atoms with E-state index in [0.717, 1.165) is 28.4 Å². The van der Waals surface area contributed by atoms with Crippen LogP contribution in [0.4, 0.5) is 0 Å². The lowest BCUT2D eigenvalue weighted by Crippen LogP contribution is -2.44. The van der Waals surface area contributed by atoms with Crippen molar-refractivity contribution in [1.82, 2.24) is 4.90 Å². The first-order valence-corrected chi connectivity index (χ1v) is 7.89. The number of carbonyl (C=O) groups excluding carboxylic acids is 1. The third-order valence-electron chi connectivity index (χ3n) is 3.72. The summed E-state index contributed by atoms with van der Waals surface area (Å²) in [6, 6.07) is 4.89. The second-order valence-corrected chi connectivity index (χ2v) is 6.22. The summed E-state index contributed by atoms with van der Waals surface area (Å²) in [7, 11) is 0. The van der Waals surface area contributed by atoms with E-state index in [0.29, 0.717) is 18.5 Å². The molecular formula is C15H18INO3. The summed E-state index contributed by atoms with van der Waals surface area (Å²) in [5, 5.41) is 9.36. The van der Waals surface area contributed by atoms with E-state index in [1.807, 2.05) is 19.1 Å². The number of carboxylic acids is 1. The first-order chi connectivity index (χ1) is 9.52. The van der Waals surface area contributed by atoms with E-state index in [1.54, 1.807) is 6.07 Å². The molecule has 0 bridgehead atoms. The molecule has 1 atom stereocenters. The highest BCUT2D eigenvalue weighted by Crippen LogP contribution is 2.23. The Balaban J connectivity index is 2.33. The molecule has 1 saturated heterocycles. The van der Waals surface area contributed by atoms with E-state index in [9.17, 15) is 14.7 Å². The van der Waals surface area contributed by atoms with Crippen molar-refractivity contribution in [3.05, 3.63) is 32.9 Å². The lowest BCUT2D eigenvalue weighted by Gasteiger charge is -2.27. The minimum Gasteiger partial charge on any atom is -0.480 e. The molecule has 0 aliphatic carbocycles. The molecule has 0 spiro atoms. The smallest absolute Gasteiger partial charge is 0.326 e. The van der Waals surface area contributed by atoms with E-state index in [2.05, 4.69) is 22.6 Å². The molecule has 1 aromatic carbocycles. The normalized spacial score (nSPS) is 19.5. The van der Waals surface area contributed by atoms with Crippen LogP contribution in [-0.4, -0.2) is 34.5 Å². The maximum absolute atomic E-state index is 12.7. The van der Waals surface area contributed by atoms with Crippen LogP contribution in [0.15, 0.2) is 18.2 Å². The molecule has 1 amide bonds. The maximum Gasteiger partial charge on any atom is 0.326 e. The van der Waals surface area contributed by atoms with E-state index in [4.69, 9.17) is 0 Å². The van der Waals surface area contributed by atoms with Gasteiger partial charge in [0, 0.05) is 10.1 Å². The highest BCUT2D eigenvalue weighted by atomic mass is 127. The third-order valence-corrected chi connectivity index (χ3v) is 5.15. The Kier molecular flexibility index (Phi) is 5.01. The van der Waals surface area contributed by atoms with Gasteiger partial charge in [0.15, 0.2) is 0 Å². The van der Waals surface area contributed by atoms with Gasteiger partial charge in [-0.25, -0.2) is 4.79 Å². The minimum absolute atomic E-state index is 0.160. The number of hydrogen-bond acceptors (Lipinski definition) is 2. The van der Waals surface area contributed by atoms with Crippen molar-refractivity contribution in [3.8, 4) is 0 Å². The van der Waals surface area contributed by atoms with Gasteiger partial charge in [0.2, 0.25) is 0 Å². The van der Waals surface area contributed by atoms with Crippen LogP contribution >= 0.6 is 22.6 Å². The molecule has 5 heteroatoms.